The molecule has 23 heavy (non-hydrogen) atoms. The van der Waals surface area contributed by atoms with E-state index in [-0.39, 0.29) is 0 Å². The predicted molar refractivity (Wildman–Crippen MR) is 102 cm³/mol. The largest absolute Gasteiger partial charge is 0.193 e. The van der Waals surface area contributed by atoms with Crippen molar-refractivity contribution in [1.82, 2.24) is 0 Å². The van der Waals surface area contributed by atoms with Crippen LogP contribution >= 0.6 is 18.5 Å². The molecule has 0 fully saturated rings. The Balaban J connectivity index is 2.46. The van der Waals surface area contributed by atoms with Crippen molar-refractivity contribution in [2.24, 2.45) is 0 Å². The van der Waals surface area contributed by atoms with Gasteiger partial charge in [-0.25, -0.2) is 0 Å². The highest BCUT2D eigenvalue weighted by Crippen LogP contribution is 2.45. The van der Waals surface area contributed by atoms with E-state index in [1.165, 1.54) is 0 Å². The average Bonchev–Trinajstić information content (AvgIpc) is 2.62. The van der Waals surface area contributed by atoms with Crippen molar-refractivity contribution in [3.63, 3.8) is 0 Å². The van der Waals surface area contributed by atoms with Crippen LogP contribution in [0.5, 0.6) is 0 Å². The highest BCUT2D eigenvalue weighted by Gasteiger charge is 2.26. The first-order chi connectivity index (χ1) is 11.3. The van der Waals surface area contributed by atoms with Crippen LogP contribution in [-0.4, -0.2) is 5.80 Å². The van der Waals surface area contributed by atoms with Gasteiger partial charge < -0.3 is 0 Å². The first-order valence-electron chi connectivity index (χ1n) is 7.28. The molecule has 3 aromatic carbocycles. The molecule has 0 spiro atoms. The summed E-state index contributed by atoms with van der Waals surface area (Å²) in [4.78, 5) is 0. The standard InChI is InChI=1S/C20H15ClNP/c21-19-13-7-8-14-20(19)23(16-15-22,17-9-3-1-4-10-17)18-11-5-2-6-12-18/h1-14,16H. The van der Waals surface area contributed by atoms with E-state index >= 15 is 0 Å². The van der Waals surface area contributed by atoms with Crippen LogP contribution in [0, 0.1) is 11.3 Å². The van der Waals surface area contributed by atoms with Crippen molar-refractivity contribution in [1.29, 1.82) is 5.26 Å². The van der Waals surface area contributed by atoms with Crippen LogP contribution in [-0.2, 0) is 0 Å². The summed E-state index contributed by atoms with van der Waals surface area (Å²) in [5, 5.41) is 13.5. The number of halogens is 1. The second-order valence-corrected chi connectivity index (χ2v) is 8.73. The molecule has 0 aliphatic rings. The Morgan fingerprint density at radius 3 is 1.70 bits per heavy atom. The number of rotatable bonds is 3. The monoisotopic (exact) mass is 335 g/mol. The fraction of sp³-hybridized carbons (Fsp3) is 0. The fourth-order valence-electron chi connectivity index (χ4n) is 2.80. The first-order valence-corrected chi connectivity index (χ1v) is 9.52. The molecular weight excluding hydrogens is 321 g/mol. The zero-order valence-corrected chi connectivity index (χ0v) is 14.1. The zero-order chi connectivity index (χ0) is 16.1. The van der Waals surface area contributed by atoms with Crippen molar-refractivity contribution < 1.29 is 0 Å². The minimum absolute atomic E-state index is 0.694. The summed E-state index contributed by atoms with van der Waals surface area (Å²) < 4.78 is 0. The lowest BCUT2D eigenvalue weighted by Gasteiger charge is -2.28. The molecule has 3 aromatic rings. The van der Waals surface area contributed by atoms with Gasteiger partial charge in [0.2, 0.25) is 0 Å². The van der Waals surface area contributed by atoms with E-state index < -0.39 is 6.89 Å². The second kappa shape index (κ2) is 6.88. The lowest BCUT2D eigenvalue weighted by molar-refractivity contribution is 1.56. The van der Waals surface area contributed by atoms with Gasteiger partial charge in [0.05, 0.1) is 6.07 Å². The predicted octanol–water partition coefficient (Wildman–Crippen LogP) is 3.96. The molecule has 3 heteroatoms. The number of nitrogens with zero attached hydrogens (tertiary/aromatic N) is 1. The van der Waals surface area contributed by atoms with E-state index in [4.69, 9.17) is 11.6 Å². The number of nitriles is 1. The highest BCUT2D eigenvalue weighted by atomic mass is 35.5. The second-order valence-electron chi connectivity index (χ2n) is 5.10. The third kappa shape index (κ3) is 2.84. The molecule has 0 saturated carbocycles. The van der Waals surface area contributed by atoms with Gasteiger partial charge in [-0.1, -0.05) is 90.5 Å². The molecule has 0 aromatic heterocycles. The smallest absolute Gasteiger partial charge is 0.0923 e. The highest BCUT2D eigenvalue weighted by molar-refractivity contribution is 7.94. The lowest BCUT2D eigenvalue weighted by atomic mass is 10.3. The van der Waals surface area contributed by atoms with Crippen LogP contribution in [0.25, 0.3) is 0 Å². The Bertz CT molecular complexity index is 852. The minimum Gasteiger partial charge on any atom is -0.193 e. The quantitative estimate of drug-likeness (QED) is 0.665. The van der Waals surface area contributed by atoms with E-state index in [9.17, 15) is 5.26 Å². The van der Waals surface area contributed by atoms with Gasteiger partial charge in [-0.2, -0.15) is 5.26 Å². The molecule has 1 nitrogen and oxygen atoms in total. The summed E-state index contributed by atoms with van der Waals surface area (Å²) in [6.07, 6.45) is 0. The van der Waals surface area contributed by atoms with E-state index in [1.54, 1.807) is 5.80 Å². The number of hydrogen-bond acceptors (Lipinski definition) is 1. The van der Waals surface area contributed by atoms with Gasteiger partial charge in [0, 0.05) is 16.1 Å². The SMILES string of the molecule is N#CC=P(c1ccccc1)(c1ccccc1)c1ccccc1Cl. The van der Waals surface area contributed by atoms with E-state index in [1.807, 2.05) is 60.7 Å². The maximum Gasteiger partial charge on any atom is 0.0923 e. The molecule has 0 aliphatic carbocycles. The first kappa shape index (κ1) is 15.6. The summed E-state index contributed by atoms with van der Waals surface area (Å²) in [7, 11) is 0. The molecule has 3 rings (SSSR count). The van der Waals surface area contributed by atoms with Gasteiger partial charge in [0.15, 0.2) is 0 Å². The summed E-state index contributed by atoms with van der Waals surface area (Å²) in [5.74, 6) is 1.78. The van der Waals surface area contributed by atoms with Crippen molar-refractivity contribution in [3.8, 4) is 6.07 Å². The molecule has 0 aliphatic heterocycles. The topological polar surface area (TPSA) is 23.8 Å². The Kier molecular flexibility index (Phi) is 4.68. The molecule has 0 N–H and O–H groups in total. The van der Waals surface area contributed by atoms with Crippen LogP contribution in [0.15, 0.2) is 84.9 Å². The average molecular weight is 336 g/mol. The van der Waals surface area contributed by atoms with Gasteiger partial charge in [-0.05, 0) is 23.6 Å². The molecule has 0 amide bonds. The molecule has 0 bridgehead atoms. The Morgan fingerprint density at radius 2 is 1.22 bits per heavy atom. The van der Waals surface area contributed by atoms with Crippen LogP contribution in [0.1, 0.15) is 0 Å². The fourth-order valence-corrected chi connectivity index (χ4v) is 6.81. The van der Waals surface area contributed by atoms with E-state index in [0.717, 1.165) is 15.9 Å². The summed E-state index contributed by atoms with van der Waals surface area (Å²) >= 11 is 6.54. The number of benzene rings is 3. The zero-order valence-electron chi connectivity index (χ0n) is 12.4. The molecule has 112 valence electrons. The van der Waals surface area contributed by atoms with E-state index in [0.29, 0.717) is 5.02 Å². The molecule has 0 unspecified atom stereocenters. The van der Waals surface area contributed by atoms with Crippen LogP contribution in [0.2, 0.25) is 5.02 Å². The Labute approximate surface area is 141 Å². The maximum absolute atomic E-state index is 9.56. The molecule has 0 atom stereocenters. The van der Waals surface area contributed by atoms with Gasteiger partial charge in [0.1, 0.15) is 0 Å². The summed E-state index contributed by atoms with van der Waals surface area (Å²) in [6, 6.07) is 30.5. The minimum atomic E-state index is -2.21. The van der Waals surface area contributed by atoms with Crippen molar-refractivity contribution in [2.75, 3.05) is 0 Å². The van der Waals surface area contributed by atoms with Crippen LogP contribution < -0.4 is 15.9 Å². The third-order valence-electron chi connectivity index (χ3n) is 3.81. The van der Waals surface area contributed by atoms with Crippen molar-refractivity contribution >= 4 is 40.2 Å². The van der Waals surface area contributed by atoms with Crippen LogP contribution in [0.3, 0.4) is 0 Å². The Morgan fingerprint density at radius 1 is 0.739 bits per heavy atom. The van der Waals surface area contributed by atoms with Gasteiger partial charge in [0.25, 0.3) is 0 Å². The third-order valence-corrected chi connectivity index (χ3v) is 8.15. The summed E-state index contributed by atoms with van der Waals surface area (Å²) in [6.45, 7) is -2.21. The van der Waals surface area contributed by atoms with Crippen molar-refractivity contribution in [2.45, 2.75) is 0 Å². The van der Waals surface area contributed by atoms with Crippen LogP contribution in [0.4, 0.5) is 0 Å². The normalized spacial score (nSPS) is 10.8. The molecule has 0 radical (unpaired) electrons. The number of hydrogen-bond donors (Lipinski definition) is 0. The summed E-state index contributed by atoms with van der Waals surface area (Å²) in [5.41, 5.74) is 0. The van der Waals surface area contributed by atoms with Crippen molar-refractivity contribution in [3.05, 3.63) is 90.0 Å². The maximum atomic E-state index is 9.56. The lowest BCUT2D eigenvalue weighted by Crippen LogP contribution is -2.27. The molecule has 0 heterocycles. The molecular formula is C20H15ClNP. The Hall–Kier alpha value is -2.26. The van der Waals surface area contributed by atoms with Gasteiger partial charge >= 0.3 is 0 Å². The van der Waals surface area contributed by atoms with Gasteiger partial charge in [-0.3, -0.25) is 0 Å². The molecule has 0 saturated heterocycles. The van der Waals surface area contributed by atoms with E-state index in [2.05, 4.69) is 30.3 Å². The van der Waals surface area contributed by atoms with Gasteiger partial charge in [-0.15, -0.1) is 0 Å².